The Kier molecular flexibility index (Phi) is 5.87. The van der Waals surface area contributed by atoms with Crippen molar-refractivity contribution in [1.29, 1.82) is 0 Å². The molecule has 5 nitrogen and oxygen atoms in total. The summed E-state index contributed by atoms with van der Waals surface area (Å²) in [7, 11) is -2.87. The summed E-state index contributed by atoms with van der Waals surface area (Å²) in [6.07, 6.45) is 2.36. The molecule has 0 bridgehead atoms. The van der Waals surface area contributed by atoms with E-state index < -0.39 is 18.5 Å². The molecule has 4 atom stereocenters. The average Bonchev–Trinajstić information content (AvgIpc) is 2.94. The lowest BCUT2D eigenvalue weighted by molar-refractivity contribution is -0.0135. The third kappa shape index (κ3) is 3.96. The fraction of sp³-hybridized carbons (Fsp3) is 0.682. The van der Waals surface area contributed by atoms with Gasteiger partial charge in [0.1, 0.15) is 29.3 Å². The Morgan fingerprint density at radius 2 is 1.96 bits per heavy atom. The van der Waals surface area contributed by atoms with Gasteiger partial charge in [0.2, 0.25) is 0 Å². The van der Waals surface area contributed by atoms with Crippen LogP contribution in [0.2, 0.25) is 0 Å². The number of rotatable bonds is 3. The highest BCUT2D eigenvalue weighted by atomic mass is 31.2. The second kappa shape index (κ2) is 7.74. The Bertz CT molecular complexity index is 780. The second-order valence-corrected chi connectivity index (χ2v) is 13.1. The lowest BCUT2D eigenvalue weighted by Gasteiger charge is -2.36. The van der Waals surface area contributed by atoms with Crippen molar-refractivity contribution in [1.82, 2.24) is 0 Å². The molecule has 1 aromatic carbocycles. The summed E-state index contributed by atoms with van der Waals surface area (Å²) in [5, 5.41) is 0.0419. The molecule has 1 aliphatic heterocycles. The molecule has 0 saturated heterocycles. The van der Waals surface area contributed by atoms with Gasteiger partial charge in [0, 0.05) is 5.16 Å². The molecule has 6 heteroatoms. The smallest absolute Gasteiger partial charge is 0.485 e. The van der Waals surface area contributed by atoms with Crippen LogP contribution in [0.25, 0.3) is 0 Å². The van der Waals surface area contributed by atoms with Crippen molar-refractivity contribution in [2.45, 2.75) is 72.1 Å². The van der Waals surface area contributed by atoms with Gasteiger partial charge in [-0.25, -0.2) is 4.79 Å². The van der Waals surface area contributed by atoms with Crippen molar-refractivity contribution < 1.29 is 23.6 Å². The van der Waals surface area contributed by atoms with E-state index in [1.165, 1.54) is 0 Å². The number of carbonyl (C=O) groups excluding carboxylic acids is 1. The van der Waals surface area contributed by atoms with Gasteiger partial charge in [-0.3, -0.25) is 0 Å². The molecule has 0 spiro atoms. The van der Waals surface area contributed by atoms with E-state index in [4.69, 9.17) is 14.2 Å². The van der Waals surface area contributed by atoms with Crippen molar-refractivity contribution in [2.24, 2.45) is 17.8 Å². The summed E-state index contributed by atoms with van der Waals surface area (Å²) >= 11 is 0. The largest absolute Gasteiger partial charge is 0.514 e. The zero-order valence-electron chi connectivity index (χ0n) is 17.9. The number of carbonyl (C=O) groups is 1. The highest BCUT2D eigenvalue weighted by Gasteiger charge is 2.47. The first kappa shape index (κ1) is 21.2. The van der Waals surface area contributed by atoms with E-state index >= 15 is 0 Å². The summed E-state index contributed by atoms with van der Waals surface area (Å²) < 4.78 is 30.7. The van der Waals surface area contributed by atoms with Gasteiger partial charge in [0.15, 0.2) is 7.14 Å². The minimum atomic E-state index is -2.87. The van der Waals surface area contributed by atoms with E-state index in [1.54, 1.807) is 18.2 Å². The molecule has 2 aliphatic rings. The summed E-state index contributed by atoms with van der Waals surface area (Å²) in [6.45, 7) is 12.3. The highest BCUT2D eigenvalue weighted by Crippen LogP contribution is 2.63. The maximum Gasteiger partial charge on any atom is 0.514 e. The van der Waals surface area contributed by atoms with Crippen molar-refractivity contribution >= 4 is 18.6 Å². The monoisotopic (exact) mass is 408 g/mol. The molecule has 1 fully saturated rings. The maximum atomic E-state index is 13.7. The Morgan fingerprint density at radius 1 is 1.25 bits per heavy atom. The third-order valence-corrected chi connectivity index (χ3v) is 10.0. The number of hydrogen-bond donors (Lipinski definition) is 0. The van der Waals surface area contributed by atoms with Crippen molar-refractivity contribution in [2.75, 3.05) is 6.35 Å². The standard InChI is InChI=1S/C22H33O5P/c1-14(2)16-11-10-15(3)12-19(16)27-21(23)26-18-9-7-8-17-20(18)28(24,13-25-17)22(4,5)6/h7-9,14-16,19H,10-13H2,1-6H3/t15-,16?,19-,28?/m0/s1. The maximum absolute atomic E-state index is 13.7. The number of benzene rings is 1. The minimum Gasteiger partial charge on any atom is -0.485 e. The van der Waals surface area contributed by atoms with Gasteiger partial charge in [-0.05, 0) is 42.7 Å². The number of fused-ring (bicyclic) bond motifs is 1. The van der Waals surface area contributed by atoms with Crippen LogP contribution in [-0.2, 0) is 9.30 Å². The van der Waals surface area contributed by atoms with Crippen LogP contribution in [0.4, 0.5) is 4.79 Å². The van der Waals surface area contributed by atoms with Crippen molar-refractivity contribution in [3.8, 4) is 11.5 Å². The normalized spacial score (nSPS) is 29.9. The van der Waals surface area contributed by atoms with Gasteiger partial charge < -0.3 is 18.8 Å². The van der Waals surface area contributed by atoms with E-state index in [0.29, 0.717) is 34.6 Å². The van der Waals surface area contributed by atoms with Crippen LogP contribution in [0.1, 0.15) is 60.8 Å². The van der Waals surface area contributed by atoms with Crippen molar-refractivity contribution in [3.05, 3.63) is 18.2 Å². The summed E-state index contributed by atoms with van der Waals surface area (Å²) in [5.74, 6) is 2.15. The lowest BCUT2D eigenvalue weighted by atomic mass is 9.75. The second-order valence-electron chi connectivity index (χ2n) is 9.62. The Hall–Kier alpha value is -1.48. The third-order valence-electron chi connectivity index (χ3n) is 6.21. The van der Waals surface area contributed by atoms with Crippen LogP contribution in [0, 0.1) is 17.8 Å². The molecule has 3 rings (SSSR count). The Labute approximate surface area is 168 Å². The van der Waals surface area contributed by atoms with Crippen LogP contribution in [0.15, 0.2) is 18.2 Å². The zero-order chi connectivity index (χ0) is 20.7. The van der Waals surface area contributed by atoms with Gasteiger partial charge in [-0.2, -0.15) is 0 Å². The molecular formula is C22H33O5P. The predicted molar refractivity (Wildman–Crippen MR) is 111 cm³/mol. The zero-order valence-corrected chi connectivity index (χ0v) is 18.8. The van der Waals surface area contributed by atoms with Gasteiger partial charge in [-0.1, -0.05) is 54.0 Å². The van der Waals surface area contributed by atoms with Crippen LogP contribution < -0.4 is 14.8 Å². The van der Waals surface area contributed by atoms with Crippen LogP contribution in [0.3, 0.4) is 0 Å². The predicted octanol–water partition coefficient (Wildman–Crippen LogP) is 5.80. The molecule has 28 heavy (non-hydrogen) atoms. The van der Waals surface area contributed by atoms with Gasteiger partial charge in [0.05, 0.1) is 0 Å². The van der Waals surface area contributed by atoms with E-state index in [1.807, 2.05) is 20.8 Å². The quantitative estimate of drug-likeness (QED) is 0.359. The first-order chi connectivity index (χ1) is 13.0. The first-order valence-electron chi connectivity index (χ1n) is 10.3. The number of hydrogen-bond acceptors (Lipinski definition) is 5. The fourth-order valence-corrected chi connectivity index (χ4v) is 6.78. The Morgan fingerprint density at radius 3 is 2.61 bits per heavy atom. The molecule has 0 amide bonds. The van der Waals surface area contributed by atoms with Crippen molar-refractivity contribution in [3.63, 3.8) is 0 Å². The minimum absolute atomic E-state index is 0.136. The van der Waals surface area contributed by atoms with Crippen LogP contribution in [-0.4, -0.2) is 23.8 Å². The summed E-state index contributed by atoms with van der Waals surface area (Å²) in [5.41, 5.74) is 0. The van der Waals surface area contributed by atoms with E-state index in [9.17, 15) is 9.36 Å². The molecule has 156 valence electrons. The Balaban J connectivity index is 1.81. The molecule has 1 heterocycles. The average molecular weight is 408 g/mol. The van der Waals surface area contributed by atoms with Gasteiger partial charge >= 0.3 is 6.16 Å². The number of ether oxygens (including phenoxy) is 3. The van der Waals surface area contributed by atoms with Crippen LogP contribution in [0.5, 0.6) is 11.5 Å². The SMILES string of the molecule is CC(C)C1CC[C@H](C)C[C@@H]1OC(=O)Oc1cccc2c1P(=O)(C(C)(C)C)CO2. The van der Waals surface area contributed by atoms with E-state index in [-0.39, 0.29) is 12.5 Å². The first-order valence-corrected chi connectivity index (χ1v) is 12.2. The molecule has 0 N–H and O–H groups in total. The highest BCUT2D eigenvalue weighted by molar-refractivity contribution is 7.73. The van der Waals surface area contributed by atoms with Gasteiger partial charge in [-0.15, -0.1) is 0 Å². The molecule has 1 saturated carbocycles. The fourth-order valence-electron chi connectivity index (χ4n) is 4.30. The lowest BCUT2D eigenvalue weighted by Crippen LogP contribution is -2.36. The van der Waals surface area contributed by atoms with E-state index in [0.717, 1.165) is 19.3 Å². The van der Waals surface area contributed by atoms with Crippen LogP contribution >= 0.6 is 7.14 Å². The molecule has 0 radical (unpaired) electrons. The van der Waals surface area contributed by atoms with E-state index in [2.05, 4.69) is 20.8 Å². The summed E-state index contributed by atoms with van der Waals surface area (Å²) in [6, 6.07) is 5.20. The molecule has 0 aromatic heterocycles. The molecular weight excluding hydrogens is 375 g/mol. The molecule has 1 aromatic rings. The topological polar surface area (TPSA) is 61.8 Å². The molecule has 1 aliphatic carbocycles. The molecule has 2 unspecified atom stereocenters. The van der Waals surface area contributed by atoms with Gasteiger partial charge in [0.25, 0.3) is 0 Å². The summed E-state index contributed by atoms with van der Waals surface area (Å²) in [4.78, 5) is 12.6.